The van der Waals surface area contributed by atoms with Gasteiger partial charge in [-0.3, -0.25) is 9.78 Å². The maximum Gasteiger partial charge on any atom is 0.272 e. The van der Waals surface area contributed by atoms with E-state index in [9.17, 15) is 4.79 Å². The zero-order valence-electron chi connectivity index (χ0n) is 14.4. The number of carbonyl (C=O) groups excluding carboxylic acids is 1. The molecule has 0 aliphatic heterocycles. The van der Waals surface area contributed by atoms with Gasteiger partial charge < -0.3 is 15.1 Å². The maximum atomic E-state index is 12.5. The summed E-state index contributed by atoms with van der Waals surface area (Å²) in [6.45, 7) is 2.21. The molecule has 0 aliphatic rings. The minimum Gasteiger partial charge on any atom is -0.353 e. The molecule has 0 unspecified atom stereocenters. The Hall–Kier alpha value is -2.54. The molecule has 24 heavy (non-hydrogen) atoms. The number of nitrogens with one attached hydrogen (secondary N) is 1. The van der Waals surface area contributed by atoms with Gasteiger partial charge in [-0.2, -0.15) is 0 Å². The lowest BCUT2D eigenvalue weighted by Gasteiger charge is -2.17. The SMILES string of the molecule is CN(C)CCNc1nccc(C(=O)N(C)CCc2ccncc2)n1. The average molecular weight is 328 g/mol. The molecule has 2 aromatic rings. The van der Waals surface area contributed by atoms with Gasteiger partial charge in [0.25, 0.3) is 5.91 Å². The van der Waals surface area contributed by atoms with Gasteiger partial charge in [-0.15, -0.1) is 0 Å². The van der Waals surface area contributed by atoms with Crippen molar-refractivity contribution in [1.82, 2.24) is 24.8 Å². The molecule has 0 radical (unpaired) electrons. The lowest BCUT2D eigenvalue weighted by molar-refractivity contribution is 0.0791. The number of hydrogen-bond donors (Lipinski definition) is 1. The zero-order valence-corrected chi connectivity index (χ0v) is 14.4. The van der Waals surface area contributed by atoms with Crippen molar-refractivity contribution >= 4 is 11.9 Å². The second kappa shape index (κ2) is 8.93. The van der Waals surface area contributed by atoms with Crippen LogP contribution in [0.15, 0.2) is 36.8 Å². The van der Waals surface area contributed by atoms with Gasteiger partial charge in [-0.1, -0.05) is 0 Å². The fourth-order valence-electron chi connectivity index (χ4n) is 2.10. The molecule has 0 saturated carbocycles. The first-order chi connectivity index (χ1) is 11.6. The molecule has 0 saturated heterocycles. The van der Waals surface area contributed by atoms with E-state index in [1.807, 2.05) is 26.2 Å². The van der Waals surface area contributed by atoms with Gasteiger partial charge in [0.1, 0.15) is 5.69 Å². The van der Waals surface area contributed by atoms with Crippen molar-refractivity contribution in [1.29, 1.82) is 0 Å². The van der Waals surface area contributed by atoms with Crippen LogP contribution in [0, 0.1) is 0 Å². The monoisotopic (exact) mass is 328 g/mol. The molecule has 2 rings (SSSR count). The molecule has 1 amide bonds. The predicted molar refractivity (Wildman–Crippen MR) is 94.0 cm³/mol. The Morgan fingerprint density at radius 1 is 1.08 bits per heavy atom. The summed E-state index contributed by atoms with van der Waals surface area (Å²) in [7, 11) is 5.78. The van der Waals surface area contributed by atoms with E-state index in [1.54, 1.807) is 36.6 Å². The van der Waals surface area contributed by atoms with Crippen molar-refractivity contribution in [2.75, 3.05) is 46.1 Å². The molecule has 128 valence electrons. The van der Waals surface area contributed by atoms with E-state index in [-0.39, 0.29) is 5.91 Å². The summed E-state index contributed by atoms with van der Waals surface area (Å²) in [6.07, 6.45) is 5.90. The Morgan fingerprint density at radius 2 is 1.83 bits per heavy atom. The highest BCUT2D eigenvalue weighted by atomic mass is 16.2. The van der Waals surface area contributed by atoms with Crippen LogP contribution in [0.2, 0.25) is 0 Å². The summed E-state index contributed by atoms with van der Waals surface area (Å²) in [5.41, 5.74) is 1.55. The molecule has 0 aromatic carbocycles. The number of carbonyl (C=O) groups is 1. The van der Waals surface area contributed by atoms with Crippen LogP contribution in [0.3, 0.4) is 0 Å². The van der Waals surface area contributed by atoms with Gasteiger partial charge >= 0.3 is 0 Å². The standard InChI is InChI=1S/C17H24N6O/c1-22(2)13-11-20-17-19-10-6-15(21-17)16(24)23(3)12-7-14-4-8-18-9-5-14/h4-6,8-10H,7,11-13H2,1-3H3,(H,19,20,21). The number of aromatic nitrogens is 3. The number of nitrogens with zero attached hydrogens (tertiary/aromatic N) is 5. The Labute approximate surface area is 142 Å². The van der Waals surface area contributed by atoms with Crippen molar-refractivity contribution in [3.05, 3.63) is 48.0 Å². The van der Waals surface area contributed by atoms with Crippen molar-refractivity contribution in [3.63, 3.8) is 0 Å². The Balaban J connectivity index is 1.90. The zero-order chi connectivity index (χ0) is 17.4. The minimum absolute atomic E-state index is 0.109. The van der Waals surface area contributed by atoms with Crippen LogP contribution in [0.1, 0.15) is 16.1 Å². The molecule has 2 heterocycles. The number of pyridine rings is 1. The van der Waals surface area contributed by atoms with Crippen LogP contribution in [0.4, 0.5) is 5.95 Å². The van der Waals surface area contributed by atoms with Crippen molar-refractivity contribution in [2.45, 2.75) is 6.42 Å². The van der Waals surface area contributed by atoms with E-state index < -0.39 is 0 Å². The number of hydrogen-bond acceptors (Lipinski definition) is 6. The number of anilines is 1. The minimum atomic E-state index is -0.109. The van der Waals surface area contributed by atoms with Gasteiger partial charge in [-0.05, 0) is 44.3 Å². The first-order valence-corrected chi connectivity index (χ1v) is 7.92. The summed E-state index contributed by atoms with van der Waals surface area (Å²) in [5.74, 6) is 0.368. The largest absolute Gasteiger partial charge is 0.353 e. The lowest BCUT2D eigenvalue weighted by atomic mass is 10.2. The van der Waals surface area contributed by atoms with Crippen LogP contribution in [0.5, 0.6) is 0 Å². The van der Waals surface area contributed by atoms with Gasteiger partial charge in [0, 0.05) is 45.3 Å². The van der Waals surface area contributed by atoms with Crippen LogP contribution < -0.4 is 5.32 Å². The fraction of sp³-hybridized carbons (Fsp3) is 0.412. The quantitative estimate of drug-likeness (QED) is 0.784. The van der Waals surface area contributed by atoms with Crippen molar-refractivity contribution in [2.24, 2.45) is 0 Å². The molecule has 0 atom stereocenters. The summed E-state index contributed by atoms with van der Waals surface area (Å²) >= 11 is 0. The molecular weight excluding hydrogens is 304 g/mol. The average Bonchev–Trinajstić information content (AvgIpc) is 2.60. The number of amides is 1. The second-order valence-electron chi connectivity index (χ2n) is 5.83. The summed E-state index contributed by atoms with van der Waals surface area (Å²) in [6, 6.07) is 5.55. The molecule has 0 aliphatic carbocycles. The third-order valence-corrected chi connectivity index (χ3v) is 3.55. The molecule has 2 aromatic heterocycles. The van der Waals surface area contributed by atoms with Crippen LogP contribution >= 0.6 is 0 Å². The van der Waals surface area contributed by atoms with E-state index in [4.69, 9.17) is 0 Å². The number of likely N-dealkylation sites (N-methyl/N-ethyl adjacent to an activating group) is 2. The van der Waals surface area contributed by atoms with Gasteiger partial charge in [0.2, 0.25) is 5.95 Å². The van der Waals surface area contributed by atoms with Gasteiger partial charge in [0.15, 0.2) is 0 Å². The second-order valence-corrected chi connectivity index (χ2v) is 5.83. The smallest absolute Gasteiger partial charge is 0.272 e. The van der Waals surface area contributed by atoms with Crippen LogP contribution in [0.25, 0.3) is 0 Å². The highest BCUT2D eigenvalue weighted by Crippen LogP contribution is 2.05. The van der Waals surface area contributed by atoms with Gasteiger partial charge in [0.05, 0.1) is 0 Å². The molecule has 7 nitrogen and oxygen atoms in total. The van der Waals surface area contributed by atoms with E-state index in [0.29, 0.717) is 18.2 Å². The van der Waals surface area contributed by atoms with E-state index in [0.717, 1.165) is 25.1 Å². The first-order valence-electron chi connectivity index (χ1n) is 7.92. The normalized spacial score (nSPS) is 10.7. The van der Waals surface area contributed by atoms with Gasteiger partial charge in [-0.25, -0.2) is 9.97 Å². The highest BCUT2D eigenvalue weighted by molar-refractivity contribution is 5.92. The van der Waals surface area contributed by atoms with E-state index in [2.05, 4.69) is 25.2 Å². The first kappa shape index (κ1) is 17.8. The fourth-order valence-corrected chi connectivity index (χ4v) is 2.10. The van der Waals surface area contributed by atoms with Crippen molar-refractivity contribution in [3.8, 4) is 0 Å². The molecule has 0 bridgehead atoms. The number of rotatable bonds is 8. The molecule has 0 fully saturated rings. The summed E-state index contributed by atoms with van der Waals surface area (Å²) < 4.78 is 0. The molecule has 7 heteroatoms. The third-order valence-electron chi connectivity index (χ3n) is 3.55. The van der Waals surface area contributed by atoms with Crippen LogP contribution in [-0.4, -0.2) is 71.4 Å². The molecule has 0 spiro atoms. The molecule has 1 N–H and O–H groups in total. The lowest BCUT2D eigenvalue weighted by Crippen LogP contribution is -2.30. The Morgan fingerprint density at radius 3 is 2.54 bits per heavy atom. The predicted octanol–water partition coefficient (Wildman–Crippen LogP) is 1.16. The topological polar surface area (TPSA) is 74.2 Å². The maximum absolute atomic E-state index is 12.5. The Kier molecular flexibility index (Phi) is 6.62. The van der Waals surface area contributed by atoms with Crippen molar-refractivity contribution < 1.29 is 4.79 Å². The van der Waals surface area contributed by atoms with E-state index >= 15 is 0 Å². The summed E-state index contributed by atoms with van der Waals surface area (Å²) in [4.78, 5) is 28.7. The highest BCUT2D eigenvalue weighted by Gasteiger charge is 2.14. The summed E-state index contributed by atoms with van der Waals surface area (Å²) in [5, 5.41) is 3.13. The van der Waals surface area contributed by atoms with Crippen LogP contribution in [-0.2, 0) is 6.42 Å². The molecular formula is C17H24N6O. The van der Waals surface area contributed by atoms with E-state index in [1.165, 1.54) is 0 Å². The Bertz CT molecular complexity index is 647. The third kappa shape index (κ3) is 5.58.